The molecule has 3 aromatic heterocycles. The molecule has 0 spiro atoms. The van der Waals surface area contributed by atoms with Gasteiger partial charge in [0.15, 0.2) is 0 Å². The first kappa shape index (κ1) is 52.8. The lowest BCUT2D eigenvalue weighted by atomic mass is 9.86. The number of nitrogens with two attached hydrogens (primary N) is 1. The van der Waals surface area contributed by atoms with Crippen LogP contribution in [0.25, 0.3) is 33.1 Å². The van der Waals surface area contributed by atoms with Gasteiger partial charge in [-0.2, -0.15) is 4.39 Å². The molecular weight excluding hydrogens is 889 g/mol. The van der Waals surface area contributed by atoms with Crippen molar-refractivity contribution in [2.45, 2.75) is 143 Å². The molecule has 0 unspecified atom stereocenters. The quantitative estimate of drug-likeness (QED) is 0.0995. The molecule has 0 bridgehead atoms. The highest BCUT2D eigenvalue weighted by atomic mass is 28.4. The maximum atomic E-state index is 15.6. The summed E-state index contributed by atoms with van der Waals surface area (Å²) in [5.74, 6) is 0.723. The van der Waals surface area contributed by atoms with Gasteiger partial charge in [0.2, 0.25) is 28.5 Å². The lowest BCUT2D eigenvalue weighted by Crippen LogP contribution is -2.43. The molecule has 1 aliphatic heterocycles. The van der Waals surface area contributed by atoms with Crippen LogP contribution in [0.1, 0.15) is 95.9 Å². The molecule has 364 valence electrons. The number of hydrogen-bond donors (Lipinski definition) is 3. The Hall–Kier alpha value is -5.17. The monoisotopic (exact) mass is 959 g/mol. The minimum Gasteiger partial charge on any atom is -0.543 e. The standard InChI is InChI=1S/C30H41FN4O4Si.C19H30BNO5Si/c1-29(2,3)38-28(37)35-23-11-9-21(39-40(7,8)30(4,5)6)17-20(23)18-24(35)22-10-12-25(33-26(22)31)34-15-13-19(14-16-34)27(32)36;1-18(2,3)25-17(22)21-15-10-9-14(26-27(7,8)19(4,5)6)11-13(15)12-16(21)20(23)24/h9-12,17-19H,13-16H2,1-8H3,(H2,32,36);9-12,23-24H,1-8H3. The first-order valence-electron chi connectivity index (χ1n) is 22.8. The van der Waals surface area contributed by atoms with Gasteiger partial charge in [-0.05, 0) is 151 Å². The number of aromatic nitrogens is 3. The highest BCUT2D eigenvalue weighted by Crippen LogP contribution is 2.40. The zero-order valence-corrected chi connectivity index (χ0v) is 44.3. The average molecular weight is 960 g/mol. The molecule has 1 fully saturated rings. The number of nitrogens with zero attached hydrogens (tertiary/aromatic N) is 4. The molecule has 0 atom stereocenters. The topological polar surface area (TPSA) is 181 Å². The first-order chi connectivity index (χ1) is 30.6. The van der Waals surface area contributed by atoms with E-state index in [4.69, 9.17) is 24.1 Å². The summed E-state index contributed by atoms with van der Waals surface area (Å²) in [6.07, 6.45) is -0.0507. The number of ether oxygens (including phenoxy) is 2. The minimum atomic E-state index is -2.10. The number of fused-ring (bicyclic) bond motifs is 2. The smallest absolute Gasteiger partial charge is 0.506 e. The molecule has 18 heteroatoms. The van der Waals surface area contributed by atoms with Crippen molar-refractivity contribution in [3.63, 3.8) is 0 Å². The van der Waals surface area contributed by atoms with Gasteiger partial charge in [-0.25, -0.2) is 19.1 Å². The van der Waals surface area contributed by atoms with Crippen molar-refractivity contribution in [3.8, 4) is 22.8 Å². The van der Waals surface area contributed by atoms with Gasteiger partial charge in [0, 0.05) is 29.8 Å². The lowest BCUT2D eigenvalue weighted by Gasteiger charge is -2.36. The fourth-order valence-electron chi connectivity index (χ4n) is 7.02. The Balaban J connectivity index is 0.000000271. The van der Waals surface area contributed by atoms with Crippen molar-refractivity contribution < 1.29 is 47.1 Å². The predicted molar refractivity (Wildman–Crippen MR) is 270 cm³/mol. The predicted octanol–water partition coefficient (Wildman–Crippen LogP) is 10.2. The summed E-state index contributed by atoms with van der Waals surface area (Å²) in [6.45, 7) is 33.5. The van der Waals surface area contributed by atoms with Gasteiger partial charge in [-0.3, -0.25) is 9.36 Å². The molecule has 67 heavy (non-hydrogen) atoms. The van der Waals surface area contributed by atoms with Crippen LogP contribution in [0, 0.1) is 11.9 Å². The fraction of sp³-hybridized carbons (Fsp3) is 0.510. The molecule has 1 saturated heterocycles. The summed E-state index contributed by atoms with van der Waals surface area (Å²) in [6, 6.07) is 17.6. The zero-order valence-electron chi connectivity index (χ0n) is 42.3. The van der Waals surface area contributed by atoms with E-state index in [-0.39, 0.29) is 33.1 Å². The van der Waals surface area contributed by atoms with Crippen LogP contribution in [0.3, 0.4) is 0 Å². The van der Waals surface area contributed by atoms with Gasteiger partial charge in [0.25, 0.3) is 0 Å². The summed E-state index contributed by atoms with van der Waals surface area (Å²) in [5.41, 5.74) is 5.72. The van der Waals surface area contributed by atoms with E-state index in [0.717, 1.165) is 5.39 Å². The van der Waals surface area contributed by atoms with E-state index in [9.17, 15) is 24.4 Å². The molecule has 6 rings (SSSR count). The second kappa shape index (κ2) is 19.1. The number of carbonyl (C=O) groups is 3. The lowest BCUT2D eigenvalue weighted by molar-refractivity contribution is -0.122. The maximum absolute atomic E-state index is 15.6. The van der Waals surface area contributed by atoms with Crippen molar-refractivity contribution in [1.29, 1.82) is 0 Å². The van der Waals surface area contributed by atoms with Gasteiger partial charge < -0.3 is 39.0 Å². The molecule has 0 radical (unpaired) electrons. The normalized spacial score (nSPS) is 14.4. The van der Waals surface area contributed by atoms with Crippen LogP contribution in [0.15, 0.2) is 60.7 Å². The Morgan fingerprint density at radius 1 is 0.687 bits per heavy atom. The van der Waals surface area contributed by atoms with E-state index in [1.54, 1.807) is 77.9 Å². The van der Waals surface area contributed by atoms with E-state index in [1.807, 2.05) is 29.2 Å². The van der Waals surface area contributed by atoms with Gasteiger partial charge in [-0.15, -0.1) is 0 Å². The van der Waals surface area contributed by atoms with E-state index in [0.29, 0.717) is 65.4 Å². The molecule has 0 saturated carbocycles. The fourth-order valence-corrected chi connectivity index (χ4v) is 9.06. The summed E-state index contributed by atoms with van der Waals surface area (Å²) in [5, 5.41) is 20.9. The molecule has 14 nitrogen and oxygen atoms in total. The second-order valence-electron chi connectivity index (χ2n) is 22.4. The van der Waals surface area contributed by atoms with E-state index in [1.165, 1.54) is 9.13 Å². The SMILES string of the molecule is CC(C)(C)OC(=O)n1c(-c2ccc(N3CCC(C(N)=O)CC3)nc2F)cc2cc(O[Si](C)(C)C(C)(C)C)ccc21.CC(C)(C)OC(=O)n1c(B(O)O)cc2cc(O[Si](C)(C)C(C)(C)C)ccc21. The third-order valence-corrected chi connectivity index (χ3v) is 21.4. The Kier molecular flexibility index (Phi) is 15.0. The van der Waals surface area contributed by atoms with Gasteiger partial charge in [-0.1, -0.05) is 41.5 Å². The number of halogens is 1. The number of pyridine rings is 1. The molecule has 4 heterocycles. The Labute approximate surface area is 397 Å². The number of rotatable bonds is 8. The zero-order chi connectivity index (χ0) is 50.4. The Bertz CT molecular complexity index is 2630. The Morgan fingerprint density at radius 2 is 1.13 bits per heavy atom. The van der Waals surface area contributed by atoms with E-state index in [2.05, 4.69) is 72.7 Å². The molecule has 1 amide bonds. The highest BCUT2D eigenvalue weighted by molar-refractivity contribution is 6.75. The third-order valence-electron chi connectivity index (χ3n) is 12.7. The van der Waals surface area contributed by atoms with Crippen LogP contribution in [-0.4, -0.2) is 90.3 Å². The third kappa shape index (κ3) is 12.5. The van der Waals surface area contributed by atoms with Crippen LogP contribution in [0.4, 0.5) is 19.8 Å². The number of hydrogen-bond acceptors (Lipinski definition) is 11. The number of amides is 1. The largest absolute Gasteiger partial charge is 0.543 e. The van der Waals surface area contributed by atoms with Gasteiger partial charge in [0.1, 0.15) is 28.5 Å². The van der Waals surface area contributed by atoms with Crippen LogP contribution >= 0.6 is 0 Å². The minimum absolute atomic E-state index is 0.0151. The van der Waals surface area contributed by atoms with Gasteiger partial charge >= 0.3 is 19.3 Å². The number of primary amides is 1. The average Bonchev–Trinajstić information content (AvgIpc) is 3.74. The number of piperidine rings is 1. The van der Waals surface area contributed by atoms with E-state index >= 15 is 4.39 Å². The Morgan fingerprint density at radius 3 is 1.55 bits per heavy atom. The van der Waals surface area contributed by atoms with Crippen LogP contribution in [-0.2, 0) is 14.3 Å². The molecule has 5 aromatic rings. The molecule has 1 aliphatic rings. The number of benzene rings is 2. The van der Waals surface area contributed by atoms with Crippen LogP contribution < -0.4 is 25.1 Å². The molecule has 0 aliphatic carbocycles. The summed E-state index contributed by atoms with van der Waals surface area (Å²) in [7, 11) is -5.91. The summed E-state index contributed by atoms with van der Waals surface area (Å²) >= 11 is 0. The summed E-state index contributed by atoms with van der Waals surface area (Å²) < 4.78 is 42.2. The van der Waals surface area contributed by atoms with Crippen molar-refractivity contribution in [2.75, 3.05) is 18.0 Å². The van der Waals surface area contributed by atoms with Crippen molar-refractivity contribution in [2.24, 2.45) is 11.7 Å². The first-order valence-corrected chi connectivity index (χ1v) is 28.6. The molecule has 4 N–H and O–H groups in total. The molecule has 2 aromatic carbocycles. The number of carbonyl (C=O) groups excluding carboxylic acids is 3. The maximum Gasteiger partial charge on any atom is 0.506 e. The second-order valence-corrected chi connectivity index (χ2v) is 31.9. The molecular formula is C49H71BFN5O9Si2. The number of anilines is 1. The van der Waals surface area contributed by atoms with Crippen molar-refractivity contribution >= 4 is 75.1 Å². The van der Waals surface area contributed by atoms with Crippen LogP contribution in [0.5, 0.6) is 11.5 Å². The highest BCUT2D eigenvalue weighted by Gasteiger charge is 2.40. The summed E-state index contributed by atoms with van der Waals surface area (Å²) in [4.78, 5) is 43.7. The van der Waals surface area contributed by atoms with Gasteiger partial charge in [0.05, 0.1) is 27.9 Å². The van der Waals surface area contributed by atoms with Crippen molar-refractivity contribution in [3.05, 3.63) is 66.6 Å². The van der Waals surface area contributed by atoms with Crippen LogP contribution in [0.2, 0.25) is 36.3 Å². The van der Waals surface area contributed by atoms with Crippen molar-refractivity contribution in [1.82, 2.24) is 14.1 Å². The van der Waals surface area contributed by atoms with E-state index < -0.39 is 53.1 Å².